The lowest BCUT2D eigenvalue weighted by molar-refractivity contribution is 0.626. The minimum Gasteiger partial charge on any atom is -0.207 e. The van der Waals surface area contributed by atoms with Gasteiger partial charge in [0, 0.05) is 8.04 Å². The van der Waals surface area contributed by atoms with Crippen LogP contribution in [0.25, 0.3) is 0 Å². The second-order valence-corrected chi connectivity index (χ2v) is 6.09. The first kappa shape index (κ1) is 13.3. The first-order chi connectivity index (χ1) is 8.08. The number of halogens is 4. The molecule has 0 bridgehead atoms. The number of rotatable bonds is 2. The molecule has 4 heteroatoms. The minimum atomic E-state index is -0.254. The standard InChI is InChI=1S/C13H8BrClFI/c14-9-3-1-8(2-4-9)13(15)11-6-5-10(16)7-12(11)17/h1-7,13H. The molecular weight excluding hydrogens is 417 g/mol. The Kier molecular flexibility index (Phi) is 4.44. The number of hydrogen-bond acceptors (Lipinski definition) is 0. The summed E-state index contributed by atoms with van der Waals surface area (Å²) in [4.78, 5) is 0. The molecule has 0 amide bonds. The molecule has 0 saturated carbocycles. The van der Waals surface area contributed by atoms with Crippen molar-refractivity contribution in [1.29, 1.82) is 0 Å². The van der Waals surface area contributed by atoms with Gasteiger partial charge in [0.05, 0.1) is 5.38 Å². The molecule has 0 spiro atoms. The third-order valence-electron chi connectivity index (χ3n) is 2.40. The van der Waals surface area contributed by atoms with Gasteiger partial charge in [0.2, 0.25) is 0 Å². The highest BCUT2D eigenvalue weighted by molar-refractivity contribution is 14.1. The van der Waals surface area contributed by atoms with Crippen LogP contribution in [0.15, 0.2) is 46.9 Å². The first-order valence-electron chi connectivity index (χ1n) is 4.92. The van der Waals surface area contributed by atoms with Crippen molar-refractivity contribution in [3.05, 3.63) is 67.5 Å². The highest BCUT2D eigenvalue weighted by atomic mass is 127. The van der Waals surface area contributed by atoms with Crippen LogP contribution in [-0.2, 0) is 0 Å². The summed E-state index contributed by atoms with van der Waals surface area (Å²) in [5, 5.41) is -0.254. The van der Waals surface area contributed by atoms with Gasteiger partial charge in [0.25, 0.3) is 0 Å². The van der Waals surface area contributed by atoms with Gasteiger partial charge in [0.15, 0.2) is 0 Å². The molecule has 2 aromatic rings. The Hall–Kier alpha value is -0.130. The van der Waals surface area contributed by atoms with Crippen molar-refractivity contribution in [3.8, 4) is 0 Å². The van der Waals surface area contributed by atoms with E-state index in [0.717, 1.165) is 19.2 Å². The van der Waals surface area contributed by atoms with E-state index in [9.17, 15) is 4.39 Å². The Labute approximate surface area is 126 Å². The highest BCUT2D eigenvalue weighted by Gasteiger charge is 2.14. The Morgan fingerprint density at radius 2 is 1.76 bits per heavy atom. The summed E-state index contributed by atoms with van der Waals surface area (Å²) in [5.74, 6) is -0.238. The van der Waals surface area contributed by atoms with Gasteiger partial charge in [-0.15, -0.1) is 11.6 Å². The summed E-state index contributed by atoms with van der Waals surface area (Å²) in [6.45, 7) is 0. The highest BCUT2D eigenvalue weighted by Crippen LogP contribution is 2.32. The summed E-state index contributed by atoms with van der Waals surface area (Å²) in [7, 11) is 0. The van der Waals surface area contributed by atoms with Crippen LogP contribution in [-0.4, -0.2) is 0 Å². The van der Waals surface area contributed by atoms with Crippen LogP contribution >= 0.6 is 50.1 Å². The van der Waals surface area contributed by atoms with E-state index in [-0.39, 0.29) is 11.2 Å². The summed E-state index contributed by atoms with van der Waals surface area (Å²) in [6, 6.07) is 12.5. The molecule has 0 heterocycles. The average Bonchev–Trinajstić information content (AvgIpc) is 2.29. The van der Waals surface area contributed by atoms with Crippen LogP contribution in [0.3, 0.4) is 0 Å². The molecule has 0 aliphatic rings. The van der Waals surface area contributed by atoms with Crippen LogP contribution in [0.2, 0.25) is 0 Å². The Bertz CT molecular complexity index is 527. The number of alkyl halides is 1. The summed E-state index contributed by atoms with van der Waals surface area (Å²) in [5.41, 5.74) is 1.93. The van der Waals surface area contributed by atoms with Gasteiger partial charge in [-0.2, -0.15) is 0 Å². The predicted molar refractivity (Wildman–Crippen MR) is 81.0 cm³/mol. The number of hydrogen-bond donors (Lipinski definition) is 0. The lowest BCUT2D eigenvalue weighted by Gasteiger charge is -2.12. The molecule has 0 nitrogen and oxygen atoms in total. The maximum atomic E-state index is 13.0. The van der Waals surface area contributed by atoms with E-state index < -0.39 is 0 Å². The summed E-state index contributed by atoms with van der Waals surface area (Å²) < 4.78 is 14.9. The van der Waals surface area contributed by atoms with Crippen LogP contribution in [0.4, 0.5) is 4.39 Å². The quantitative estimate of drug-likeness (QED) is 0.439. The van der Waals surface area contributed by atoms with Crippen molar-refractivity contribution in [1.82, 2.24) is 0 Å². The van der Waals surface area contributed by atoms with Crippen LogP contribution in [0, 0.1) is 9.39 Å². The van der Waals surface area contributed by atoms with E-state index in [1.54, 1.807) is 6.07 Å². The Balaban J connectivity index is 2.36. The van der Waals surface area contributed by atoms with Crippen molar-refractivity contribution in [2.45, 2.75) is 5.38 Å². The SMILES string of the molecule is Fc1ccc(C(Cl)c2ccc(Br)cc2)c(I)c1. The van der Waals surface area contributed by atoms with E-state index in [1.165, 1.54) is 12.1 Å². The van der Waals surface area contributed by atoms with E-state index in [2.05, 4.69) is 38.5 Å². The van der Waals surface area contributed by atoms with Gasteiger partial charge in [-0.25, -0.2) is 4.39 Å². The molecule has 1 atom stereocenters. The predicted octanol–water partition coefficient (Wildman–Crippen LogP) is 5.52. The smallest absolute Gasteiger partial charge is 0.124 e. The fourth-order valence-electron chi connectivity index (χ4n) is 1.52. The average molecular weight is 425 g/mol. The van der Waals surface area contributed by atoms with E-state index in [4.69, 9.17) is 11.6 Å². The largest absolute Gasteiger partial charge is 0.207 e. The zero-order chi connectivity index (χ0) is 12.4. The van der Waals surface area contributed by atoms with Crippen molar-refractivity contribution in [2.24, 2.45) is 0 Å². The fraction of sp³-hybridized carbons (Fsp3) is 0.0769. The molecular formula is C13H8BrClFI. The van der Waals surface area contributed by atoms with Gasteiger partial charge in [-0.05, 0) is 58.0 Å². The zero-order valence-corrected chi connectivity index (χ0v) is 13.1. The Morgan fingerprint density at radius 1 is 1.12 bits per heavy atom. The molecule has 0 aromatic heterocycles. The van der Waals surface area contributed by atoms with Crippen LogP contribution in [0.1, 0.15) is 16.5 Å². The van der Waals surface area contributed by atoms with Crippen LogP contribution < -0.4 is 0 Å². The Morgan fingerprint density at radius 3 is 2.35 bits per heavy atom. The van der Waals surface area contributed by atoms with Crippen molar-refractivity contribution < 1.29 is 4.39 Å². The third-order valence-corrected chi connectivity index (χ3v) is 4.35. The van der Waals surface area contributed by atoms with Gasteiger partial charge in [-0.3, -0.25) is 0 Å². The third kappa shape index (κ3) is 3.20. The second-order valence-electron chi connectivity index (χ2n) is 3.58. The molecule has 0 aliphatic heterocycles. The molecule has 88 valence electrons. The molecule has 0 N–H and O–H groups in total. The van der Waals surface area contributed by atoms with E-state index in [0.29, 0.717) is 0 Å². The van der Waals surface area contributed by atoms with Crippen molar-refractivity contribution in [3.63, 3.8) is 0 Å². The zero-order valence-electron chi connectivity index (χ0n) is 8.63. The second kappa shape index (κ2) is 5.67. The molecule has 0 aliphatic carbocycles. The van der Waals surface area contributed by atoms with Gasteiger partial charge >= 0.3 is 0 Å². The lowest BCUT2D eigenvalue weighted by atomic mass is 10.0. The van der Waals surface area contributed by atoms with Crippen LogP contribution in [0.5, 0.6) is 0 Å². The lowest BCUT2D eigenvalue weighted by Crippen LogP contribution is -1.96. The molecule has 2 rings (SSSR count). The molecule has 0 radical (unpaired) electrons. The molecule has 0 fully saturated rings. The first-order valence-corrected chi connectivity index (χ1v) is 7.23. The van der Waals surface area contributed by atoms with Crippen molar-refractivity contribution >= 4 is 50.1 Å². The van der Waals surface area contributed by atoms with Gasteiger partial charge < -0.3 is 0 Å². The van der Waals surface area contributed by atoms with Gasteiger partial charge in [-0.1, -0.05) is 34.1 Å². The van der Waals surface area contributed by atoms with E-state index in [1.807, 2.05) is 24.3 Å². The summed E-state index contributed by atoms with van der Waals surface area (Å²) >= 11 is 11.9. The maximum Gasteiger partial charge on any atom is 0.124 e. The molecule has 0 saturated heterocycles. The van der Waals surface area contributed by atoms with Gasteiger partial charge in [0.1, 0.15) is 5.82 Å². The topological polar surface area (TPSA) is 0 Å². The summed E-state index contributed by atoms with van der Waals surface area (Å²) in [6.07, 6.45) is 0. The number of benzene rings is 2. The minimum absolute atomic E-state index is 0.238. The molecule has 1 unspecified atom stereocenters. The maximum absolute atomic E-state index is 13.0. The normalized spacial score (nSPS) is 12.5. The molecule has 17 heavy (non-hydrogen) atoms. The monoisotopic (exact) mass is 424 g/mol. The molecule has 2 aromatic carbocycles. The van der Waals surface area contributed by atoms with Crippen molar-refractivity contribution in [2.75, 3.05) is 0 Å². The fourth-order valence-corrected chi connectivity index (χ4v) is 3.09. The van der Waals surface area contributed by atoms with E-state index >= 15 is 0 Å².